The van der Waals surface area contributed by atoms with Crippen molar-refractivity contribution in [1.29, 1.82) is 0 Å². The topological polar surface area (TPSA) is 70.6 Å². The van der Waals surface area contributed by atoms with Crippen LogP contribution in [0.1, 0.15) is 39.5 Å². The van der Waals surface area contributed by atoms with Gasteiger partial charge in [-0.3, -0.25) is 4.99 Å². The SMILES string of the molecule is CCNC(=NCC(C)Cc1cccs1)NCCS(=O)(=O)C(C)(C)C. The highest BCUT2D eigenvalue weighted by Gasteiger charge is 2.28. The van der Waals surface area contributed by atoms with E-state index < -0.39 is 14.6 Å². The van der Waals surface area contributed by atoms with Crippen molar-refractivity contribution >= 4 is 27.1 Å². The highest BCUT2D eigenvalue weighted by atomic mass is 32.2. The molecule has 0 amide bonds. The molecule has 0 saturated heterocycles. The van der Waals surface area contributed by atoms with Crippen LogP contribution in [0.2, 0.25) is 0 Å². The standard InChI is InChI=1S/C17H31N3O2S2/c1-6-18-16(19-9-11-24(21,22)17(3,4)5)20-13-14(2)12-15-8-7-10-23-15/h7-8,10,14H,6,9,11-13H2,1-5H3,(H2,18,19,20). The summed E-state index contributed by atoms with van der Waals surface area (Å²) in [7, 11) is -3.12. The minimum absolute atomic E-state index is 0.103. The van der Waals surface area contributed by atoms with Gasteiger partial charge in [0.1, 0.15) is 0 Å². The van der Waals surface area contributed by atoms with E-state index in [2.05, 4.69) is 40.1 Å². The zero-order valence-electron chi connectivity index (χ0n) is 15.4. The quantitative estimate of drug-likeness (QED) is 0.543. The number of thiophene rings is 1. The first-order chi connectivity index (χ1) is 11.2. The first kappa shape index (κ1) is 21.0. The number of hydrogen-bond acceptors (Lipinski definition) is 4. The van der Waals surface area contributed by atoms with Crippen LogP contribution < -0.4 is 10.6 Å². The van der Waals surface area contributed by atoms with Gasteiger partial charge in [-0.25, -0.2) is 8.42 Å². The molecule has 7 heteroatoms. The van der Waals surface area contributed by atoms with E-state index in [0.29, 0.717) is 25.0 Å². The van der Waals surface area contributed by atoms with Crippen LogP contribution in [0.3, 0.4) is 0 Å². The number of hydrogen-bond donors (Lipinski definition) is 2. The Morgan fingerprint density at radius 3 is 2.58 bits per heavy atom. The van der Waals surface area contributed by atoms with Crippen LogP contribution in [-0.4, -0.2) is 44.5 Å². The lowest BCUT2D eigenvalue weighted by atomic mass is 10.1. The third-order valence-corrected chi connectivity index (χ3v) is 7.14. The second-order valence-corrected chi connectivity index (χ2v) is 10.9. The van der Waals surface area contributed by atoms with Crippen LogP contribution in [-0.2, 0) is 16.3 Å². The van der Waals surface area contributed by atoms with Crippen molar-refractivity contribution in [3.8, 4) is 0 Å². The van der Waals surface area contributed by atoms with E-state index in [-0.39, 0.29) is 5.75 Å². The largest absolute Gasteiger partial charge is 0.357 e. The highest BCUT2D eigenvalue weighted by Crippen LogP contribution is 2.15. The predicted molar refractivity (Wildman–Crippen MR) is 105 cm³/mol. The van der Waals surface area contributed by atoms with Gasteiger partial charge in [-0.05, 0) is 51.5 Å². The Hall–Kier alpha value is -1.08. The van der Waals surface area contributed by atoms with Crippen LogP contribution in [0.5, 0.6) is 0 Å². The van der Waals surface area contributed by atoms with Gasteiger partial charge in [0.05, 0.1) is 10.5 Å². The zero-order chi connectivity index (χ0) is 18.2. The number of sulfone groups is 1. The number of nitrogens with one attached hydrogen (secondary N) is 2. The molecule has 1 aromatic heterocycles. The Labute approximate surface area is 150 Å². The van der Waals surface area contributed by atoms with Gasteiger partial charge in [-0.15, -0.1) is 11.3 Å². The molecule has 0 saturated carbocycles. The zero-order valence-corrected chi connectivity index (χ0v) is 17.1. The van der Waals surface area contributed by atoms with Gasteiger partial charge >= 0.3 is 0 Å². The summed E-state index contributed by atoms with van der Waals surface area (Å²) in [5.41, 5.74) is 0. The second kappa shape index (κ2) is 9.42. The van der Waals surface area contributed by atoms with Gasteiger partial charge in [0, 0.05) is 24.5 Å². The summed E-state index contributed by atoms with van der Waals surface area (Å²) in [4.78, 5) is 5.95. The van der Waals surface area contributed by atoms with E-state index in [1.54, 1.807) is 32.1 Å². The Morgan fingerprint density at radius 1 is 1.33 bits per heavy atom. The average molecular weight is 374 g/mol. The van der Waals surface area contributed by atoms with Crippen molar-refractivity contribution in [2.24, 2.45) is 10.9 Å². The van der Waals surface area contributed by atoms with E-state index in [4.69, 9.17) is 0 Å². The van der Waals surface area contributed by atoms with Gasteiger partial charge in [0.25, 0.3) is 0 Å². The average Bonchev–Trinajstić information content (AvgIpc) is 2.96. The molecular formula is C17H31N3O2S2. The molecule has 0 aromatic carbocycles. The van der Waals surface area contributed by atoms with Gasteiger partial charge in [-0.2, -0.15) is 0 Å². The van der Waals surface area contributed by atoms with Crippen molar-refractivity contribution in [3.63, 3.8) is 0 Å². The molecule has 0 aliphatic rings. The number of aliphatic imine (C=N–C) groups is 1. The summed E-state index contributed by atoms with van der Waals surface area (Å²) in [6.07, 6.45) is 1.01. The summed E-state index contributed by atoms with van der Waals surface area (Å²) in [5.74, 6) is 1.23. The first-order valence-corrected chi connectivity index (χ1v) is 11.0. The van der Waals surface area contributed by atoms with Gasteiger partial charge in [0.2, 0.25) is 0 Å². The van der Waals surface area contributed by atoms with E-state index in [1.165, 1.54) is 4.88 Å². The molecule has 0 aliphatic carbocycles. The minimum atomic E-state index is -3.12. The molecule has 0 fully saturated rings. The molecule has 5 nitrogen and oxygen atoms in total. The molecule has 1 heterocycles. The normalized spacial score (nSPS) is 14.5. The second-order valence-electron chi connectivity index (χ2n) is 6.97. The smallest absolute Gasteiger partial charge is 0.191 e. The van der Waals surface area contributed by atoms with Crippen LogP contribution in [0.25, 0.3) is 0 Å². The lowest BCUT2D eigenvalue weighted by Crippen LogP contribution is -2.42. The highest BCUT2D eigenvalue weighted by molar-refractivity contribution is 7.92. The van der Waals surface area contributed by atoms with Crippen molar-refractivity contribution in [2.45, 2.75) is 45.8 Å². The third-order valence-electron chi connectivity index (χ3n) is 3.63. The van der Waals surface area contributed by atoms with Crippen molar-refractivity contribution in [1.82, 2.24) is 10.6 Å². The van der Waals surface area contributed by atoms with Crippen molar-refractivity contribution < 1.29 is 8.42 Å². The molecule has 0 aliphatic heterocycles. The molecule has 0 radical (unpaired) electrons. The molecule has 138 valence electrons. The van der Waals surface area contributed by atoms with Gasteiger partial charge in [-0.1, -0.05) is 13.0 Å². The summed E-state index contributed by atoms with van der Waals surface area (Å²) in [6.45, 7) is 11.2. The third kappa shape index (κ3) is 7.21. The molecule has 24 heavy (non-hydrogen) atoms. The van der Waals surface area contributed by atoms with E-state index >= 15 is 0 Å². The Morgan fingerprint density at radius 2 is 2.04 bits per heavy atom. The molecule has 1 unspecified atom stereocenters. The Kier molecular flexibility index (Phi) is 8.22. The molecule has 2 N–H and O–H groups in total. The fourth-order valence-corrected chi connectivity index (χ4v) is 3.89. The first-order valence-electron chi connectivity index (χ1n) is 8.42. The van der Waals surface area contributed by atoms with Crippen molar-refractivity contribution in [3.05, 3.63) is 22.4 Å². The van der Waals surface area contributed by atoms with Crippen LogP contribution in [0, 0.1) is 5.92 Å². The molecule has 1 atom stereocenters. The Balaban J connectivity index is 2.50. The number of guanidine groups is 1. The minimum Gasteiger partial charge on any atom is -0.357 e. The van der Waals surface area contributed by atoms with E-state index in [0.717, 1.165) is 13.0 Å². The summed E-state index contributed by atoms with van der Waals surface area (Å²) >= 11 is 1.77. The molecular weight excluding hydrogens is 342 g/mol. The number of rotatable bonds is 8. The van der Waals surface area contributed by atoms with Gasteiger partial charge < -0.3 is 10.6 Å². The fourth-order valence-electron chi connectivity index (χ4n) is 2.04. The number of nitrogens with zero attached hydrogens (tertiary/aromatic N) is 1. The monoisotopic (exact) mass is 373 g/mol. The predicted octanol–water partition coefficient (Wildman–Crippen LogP) is 2.70. The summed E-state index contributed by atoms with van der Waals surface area (Å²) < 4.78 is 23.5. The molecule has 1 rings (SSSR count). The maximum absolute atomic E-state index is 12.1. The fraction of sp³-hybridized carbons (Fsp3) is 0.706. The molecule has 1 aromatic rings. The van der Waals surface area contributed by atoms with E-state index in [9.17, 15) is 8.42 Å². The lowest BCUT2D eigenvalue weighted by Gasteiger charge is -2.20. The van der Waals surface area contributed by atoms with E-state index in [1.807, 2.05) is 6.92 Å². The van der Waals surface area contributed by atoms with Crippen LogP contribution >= 0.6 is 11.3 Å². The summed E-state index contributed by atoms with van der Waals surface area (Å²) in [6, 6.07) is 4.21. The lowest BCUT2D eigenvalue weighted by molar-refractivity contribution is 0.558. The molecule has 0 spiro atoms. The summed E-state index contributed by atoms with van der Waals surface area (Å²) in [5, 5.41) is 8.38. The van der Waals surface area contributed by atoms with Crippen LogP contribution in [0.15, 0.2) is 22.5 Å². The van der Waals surface area contributed by atoms with Crippen molar-refractivity contribution in [2.75, 3.05) is 25.4 Å². The Bertz CT molecular complexity index is 602. The molecule has 0 bridgehead atoms. The maximum Gasteiger partial charge on any atom is 0.191 e. The maximum atomic E-state index is 12.1. The van der Waals surface area contributed by atoms with Gasteiger partial charge in [0.15, 0.2) is 15.8 Å². The van der Waals surface area contributed by atoms with Crippen LogP contribution in [0.4, 0.5) is 0 Å².